The molecule has 6 heteroatoms. The van der Waals surface area contributed by atoms with Crippen LogP contribution in [0.3, 0.4) is 0 Å². The summed E-state index contributed by atoms with van der Waals surface area (Å²) < 4.78 is 0. The van der Waals surface area contributed by atoms with Crippen molar-refractivity contribution in [3.8, 4) is 0 Å². The highest BCUT2D eigenvalue weighted by Gasteiger charge is 2.06. The molecule has 0 saturated carbocycles. The van der Waals surface area contributed by atoms with Crippen LogP contribution >= 0.6 is 0 Å². The van der Waals surface area contributed by atoms with Gasteiger partial charge in [-0.1, -0.05) is 6.92 Å². The Hall–Kier alpha value is -0.425. The van der Waals surface area contributed by atoms with Gasteiger partial charge in [0.05, 0.1) is 13.1 Å². The molecule has 0 heterocycles. The first-order chi connectivity index (χ1) is 5.66. The van der Waals surface area contributed by atoms with E-state index in [0.717, 1.165) is 6.54 Å². The van der Waals surface area contributed by atoms with Crippen LogP contribution in [0.2, 0.25) is 0 Å². The minimum absolute atomic E-state index is 0.0116. The van der Waals surface area contributed by atoms with E-state index in [2.05, 4.69) is 10.6 Å². The zero-order valence-electron chi connectivity index (χ0n) is 7.21. The molecular formula is C6H15BN2O3. The molecule has 0 fully saturated rings. The van der Waals surface area contributed by atoms with Crippen LogP contribution in [-0.2, 0) is 4.79 Å². The number of rotatable bonds is 7. The second-order valence-electron chi connectivity index (χ2n) is 2.43. The molecule has 0 unspecified atom stereocenters. The SMILES string of the molecule is CCNCC(=O)CNCB(O)O. The number of carbonyl (C=O) groups excluding carboxylic acids is 1. The van der Waals surface area contributed by atoms with Gasteiger partial charge in [0.2, 0.25) is 0 Å². The standard InChI is InChI=1S/C6H15BN2O3/c1-2-8-3-6(10)4-9-5-7(11)12/h8-9,11-12H,2-5H2,1H3. The first kappa shape index (κ1) is 11.6. The molecule has 0 aliphatic heterocycles. The summed E-state index contributed by atoms with van der Waals surface area (Å²) in [5.41, 5.74) is 0. The van der Waals surface area contributed by atoms with Gasteiger partial charge in [-0.05, 0) is 6.54 Å². The molecule has 70 valence electrons. The van der Waals surface area contributed by atoms with E-state index in [9.17, 15) is 4.79 Å². The average molecular weight is 174 g/mol. The molecule has 0 aliphatic carbocycles. The summed E-state index contributed by atoms with van der Waals surface area (Å²) in [7, 11) is -1.39. The molecule has 12 heavy (non-hydrogen) atoms. The van der Waals surface area contributed by atoms with Crippen molar-refractivity contribution in [3.05, 3.63) is 0 Å². The van der Waals surface area contributed by atoms with E-state index in [0.29, 0.717) is 6.54 Å². The number of hydrogen-bond acceptors (Lipinski definition) is 5. The lowest BCUT2D eigenvalue weighted by Crippen LogP contribution is -2.37. The van der Waals surface area contributed by atoms with Gasteiger partial charge in [0.25, 0.3) is 0 Å². The molecule has 0 rings (SSSR count). The lowest BCUT2D eigenvalue weighted by atomic mass is 9.92. The third-order valence-electron chi connectivity index (χ3n) is 1.22. The van der Waals surface area contributed by atoms with Crippen molar-refractivity contribution in [2.75, 3.05) is 26.1 Å². The number of nitrogens with one attached hydrogen (secondary N) is 2. The largest absolute Gasteiger partial charge is 0.466 e. The normalized spacial score (nSPS) is 9.92. The van der Waals surface area contributed by atoms with E-state index >= 15 is 0 Å². The van der Waals surface area contributed by atoms with Gasteiger partial charge in [0.15, 0.2) is 5.78 Å². The third kappa shape index (κ3) is 7.68. The monoisotopic (exact) mass is 174 g/mol. The summed E-state index contributed by atoms with van der Waals surface area (Å²) >= 11 is 0. The van der Waals surface area contributed by atoms with Crippen LogP contribution < -0.4 is 10.6 Å². The van der Waals surface area contributed by atoms with Gasteiger partial charge in [-0.25, -0.2) is 0 Å². The Bertz CT molecular complexity index is 132. The smallest absolute Gasteiger partial charge is 0.426 e. The second kappa shape index (κ2) is 7.24. The van der Waals surface area contributed by atoms with Crippen LogP contribution in [-0.4, -0.2) is 49.0 Å². The van der Waals surface area contributed by atoms with Gasteiger partial charge >= 0.3 is 7.12 Å². The van der Waals surface area contributed by atoms with Crippen LogP contribution in [0.1, 0.15) is 6.92 Å². The fourth-order valence-corrected chi connectivity index (χ4v) is 0.668. The van der Waals surface area contributed by atoms with Crippen molar-refractivity contribution >= 4 is 12.9 Å². The summed E-state index contributed by atoms with van der Waals surface area (Å²) in [4.78, 5) is 10.9. The summed E-state index contributed by atoms with van der Waals surface area (Å²) in [5.74, 6) is 0.0116. The van der Waals surface area contributed by atoms with Crippen LogP contribution in [0.25, 0.3) is 0 Å². The van der Waals surface area contributed by atoms with Crippen LogP contribution in [0.15, 0.2) is 0 Å². The predicted octanol–water partition coefficient (Wildman–Crippen LogP) is -2.23. The zero-order chi connectivity index (χ0) is 9.40. The maximum atomic E-state index is 10.9. The highest BCUT2D eigenvalue weighted by molar-refractivity contribution is 6.41. The van der Waals surface area contributed by atoms with E-state index in [1.165, 1.54) is 0 Å². The van der Waals surface area contributed by atoms with Gasteiger partial charge in [0.1, 0.15) is 0 Å². The van der Waals surface area contributed by atoms with Gasteiger partial charge in [0, 0.05) is 6.44 Å². The van der Waals surface area contributed by atoms with Crippen molar-refractivity contribution < 1.29 is 14.8 Å². The van der Waals surface area contributed by atoms with Gasteiger partial charge in [-0.15, -0.1) is 0 Å². The van der Waals surface area contributed by atoms with Crippen LogP contribution in [0.5, 0.6) is 0 Å². The predicted molar refractivity (Wildman–Crippen MR) is 46.6 cm³/mol. The quantitative estimate of drug-likeness (QED) is 0.328. The summed E-state index contributed by atoms with van der Waals surface area (Å²) in [6.45, 7) is 3.17. The van der Waals surface area contributed by atoms with Crippen molar-refractivity contribution in [3.63, 3.8) is 0 Å². The Labute approximate surface area is 72.3 Å². The van der Waals surface area contributed by atoms with Crippen molar-refractivity contribution in [2.45, 2.75) is 6.92 Å². The molecule has 0 amide bonds. The Kier molecular flexibility index (Phi) is 6.98. The van der Waals surface area contributed by atoms with E-state index in [-0.39, 0.29) is 18.8 Å². The van der Waals surface area contributed by atoms with Gasteiger partial charge < -0.3 is 20.7 Å². The minimum atomic E-state index is -1.39. The number of Topliss-reactive ketones (excluding diaryl/α,β-unsaturated/α-hetero) is 1. The van der Waals surface area contributed by atoms with Gasteiger partial charge in [-0.2, -0.15) is 0 Å². The average Bonchev–Trinajstić information content (AvgIpc) is 2.00. The fraction of sp³-hybridized carbons (Fsp3) is 0.833. The highest BCUT2D eigenvalue weighted by Crippen LogP contribution is 1.69. The first-order valence-electron chi connectivity index (χ1n) is 3.96. The molecule has 0 aromatic carbocycles. The molecule has 0 atom stereocenters. The first-order valence-corrected chi connectivity index (χ1v) is 3.96. The van der Waals surface area contributed by atoms with E-state index < -0.39 is 7.12 Å². The third-order valence-corrected chi connectivity index (χ3v) is 1.22. The zero-order valence-corrected chi connectivity index (χ0v) is 7.21. The molecule has 0 radical (unpaired) electrons. The number of hydrogen-bond donors (Lipinski definition) is 4. The van der Waals surface area contributed by atoms with Crippen molar-refractivity contribution in [2.24, 2.45) is 0 Å². The van der Waals surface area contributed by atoms with Crippen molar-refractivity contribution in [1.82, 2.24) is 10.6 Å². The summed E-state index contributed by atoms with van der Waals surface area (Å²) in [6.07, 6.45) is 0.0257. The Morgan fingerprint density at radius 3 is 2.42 bits per heavy atom. The maximum absolute atomic E-state index is 10.9. The molecule has 0 bridgehead atoms. The lowest BCUT2D eigenvalue weighted by Gasteiger charge is -2.02. The van der Waals surface area contributed by atoms with E-state index in [4.69, 9.17) is 10.0 Å². The molecular weight excluding hydrogens is 159 g/mol. The highest BCUT2D eigenvalue weighted by atomic mass is 16.4. The van der Waals surface area contributed by atoms with Crippen LogP contribution in [0, 0.1) is 0 Å². The lowest BCUT2D eigenvalue weighted by molar-refractivity contribution is -0.117. The molecule has 5 nitrogen and oxygen atoms in total. The Morgan fingerprint density at radius 2 is 1.92 bits per heavy atom. The molecule has 0 aromatic heterocycles. The van der Waals surface area contributed by atoms with Crippen LogP contribution in [0.4, 0.5) is 0 Å². The van der Waals surface area contributed by atoms with E-state index in [1.807, 2.05) is 6.92 Å². The Balaban J connectivity index is 3.20. The minimum Gasteiger partial charge on any atom is -0.426 e. The van der Waals surface area contributed by atoms with E-state index in [1.54, 1.807) is 0 Å². The second-order valence-corrected chi connectivity index (χ2v) is 2.43. The maximum Gasteiger partial charge on any atom is 0.466 e. The van der Waals surface area contributed by atoms with Gasteiger partial charge in [-0.3, -0.25) is 4.79 Å². The summed E-state index contributed by atoms with van der Waals surface area (Å²) in [5, 5.41) is 22.3. The fourth-order valence-electron chi connectivity index (χ4n) is 0.668. The molecule has 4 N–H and O–H groups in total. The number of ketones is 1. The topological polar surface area (TPSA) is 81.6 Å². The molecule has 0 spiro atoms. The molecule has 0 aliphatic rings. The number of likely N-dealkylation sites (N-methyl/N-ethyl adjacent to an activating group) is 1. The Morgan fingerprint density at radius 1 is 1.33 bits per heavy atom. The number of carbonyl (C=O) groups is 1. The molecule has 0 saturated heterocycles. The van der Waals surface area contributed by atoms with Crippen molar-refractivity contribution in [1.29, 1.82) is 0 Å². The molecule has 0 aromatic rings. The summed E-state index contributed by atoms with van der Waals surface area (Å²) in [6, 6.07) is 0.